The first-order valence-corrected chi connectivity index (χ1v) is 7.39. The number of nitrogens with one attached hydrogen (secondary N) is 1. The number of hydrogen-bond donors (Lipinski definition) is 1. The molecule has 4 heteroatoms. The number of nitrogens with zero attached hydrogens (tertiary/aromatic N) is 1. The summed E-state index contributed by atoms with van der Waals surface area (Å²) < 4.78 is 5.30. The molecule has 1 saturated heterocycles. The summed E-state index contributed by atoms with van der Waals surface area (Å²) in [5, 5.41) is 4.23. The van der Waals surface area contributed by atoms with E-state index < -0.39 is 0 Å². The van der Waals surface area contributed by atoms with Crippen LogP contribution < -0.4 is 5.32 Å². The second-order valence-corrected chi connectivity index (χ2v) is 6.28. The molecule has 2 atom stereocenters. The lowest BCUT2D eigenvalue weighted by Gasteiger charge is -2.35. The fraction of sp³-hybridized carbons (Fsp3) is 0.692. The van der Waals surface area contributed by atoms with Gasteiger partial charge in [0.15, 0.2) is 0 Å². The van der Waals surface area contributed by atoms with E-state index in [9.17, 15) is 0 Å². The van der Waals surface area contributed by atoms with Crippen LogP contribution in [0.3, 0.4) is 0 Å². The van der Waals surface area contributed by atoms with E-state index in [1.165, 1.54) is 18.8 Å². The molecule has 0 aromatic carbocycles. The topological polar surface area (TPSA) is 28.4 Å². The molecular weight excluding hydrogens is 232 g/mol. The Hall–Kier alpha value is -0.450. The maximum atomic E-state index is 5.30. The Bertz CT molecular complexity index is 315. The molecule has 1 N–H and O–H groups in total. The zero-order valence-corrected chi connectivity index (χ0v) is 11.5. The van der Waals surface area contributed by atoms with Crippen LogP contribution in [0.4, 0.5) is 0 Å². The van der Waals surface area contributed by atoms with E-state index in [1.54, 1.807) is 6.26 Å². The normalized spacial score (nSPS) is 23.8. The van der Waals surface area contributed by atoms with Gasteiger partial charge in [-0.05, 0) is 19.1 Å². The van der Waals surface area contributed by atoms with Gasteiger partial charge < -0.3 is 9.73 Å². The van der Waals surface area contributed by atoms with Crippen molar-refractivity contribution < 1.29 is 4.42 Å². The highest BCUT2D eigenvalue weighted by molar-refractivity contribution is 7.99. The predicted molar refractivity (Wildman–Crippen MR) is 73.4 cm³/mol. The van der Waals surface area contributed by atoms with Crippen LogP contribution in [-0.2, 0) is 6.54 Å². The highest BCUT2D eigenvalue weighted by atomic mass is 32.2. The lowest BCUT2D eigenvalue weighted by molar-refractivity contribution is 0.212. The summed E-state index contributed by atoms with van der Waals surface area (Å²) in [4.78, 5) is 2.58. The Morgan fingerprint density at radius 3 is 3.24 bits per heavy atom. The van der Waals surface area contributed by atoms with Crippen molar-refractivity contribution in [2.24, 2.45) is 0 Å². The molecule has 0 bridgehead atoms. The first kappa shape index (κ1) is 13.0. The van der Waals surface area contributed by atoms with Crippen LogP contribution in [0.25, 0.3) is 0 Å². The number of hydrogen-bond acceptors (Lipinski definition) is 4. The van der Waals surface area contributed by atoms with Gasteiger partial charge in [0.25, 0.3) is 0 Å². The zero-order valence-electron chi connectivity index (χ0n) is 10.7. The fourth-order valence-electron chi connectivity index (χ4n) is 2.19. The van der Waals surface area contributed by atoms with E-state index in [0.717, 1.165) is 24.1 Å². The summed E-state index contributed by atoms with van der Waals surface area (Å²) in [6.45, 7) is 8.91. The van der Waals surface area contributed by atoms with Crippen LogP contribution in [0.2, 0.25) is 0 Å². The molecule has 0 radical (unpaired) electrons. The van der Waals surface area contributed by atoms with Gasteiger partial charge >= 0.3 is 0 Å². The third-order valence-corrected chi connectivity index (χ3v) is 4.35. The van der Waals surface area contributed by atoms with Gasteiger partial charge in [-0.3, -0.25) is 4.90 Å². The molecule has 1 aromatic heterocycles. The Morgan fingerprint density at radius 1 is 1.65 bits per heavy atom. The molecule has 0 spiro atoms. The number of thioether (sulfide) groups is 1. The average Bonchev–Trinajstić information content (AvgIpc) is 2.82. The van der Waals surface area contributed by atoms with Crippen molar-refractivity contribution in [3.05, 3.63) is 24.2 Å². The quantitative estimate of drug-likeness (QED) is 0.872. The molecule has 1 fully saturated rings. The van der Waals surface area contributed by atoms with E-state index in [1.807, 2.05) is 12.1 Å². The summed E-state index contributed by atoms with van der Waals surface area (Å²) in [5.74, 6) is 2.28. The standard InChI is InChI=1S/C13H22N2OS/c1-11(15-5-7-17-12(2)10-15)8-14-9-13-4-3-6-16-13/h3-4,6,11-12,14H,5,7-10H2,1-2H3. The van der Waals surface area contributed by atoms with Gasteiger partial charge in [0.05, 0.1) is 12.8 Å². The number of rotatable bonds is 5. The molecular formula is C13H22N2OS. The summed E-state index contributed by atoms with van der Waals surface area (Å²) in [5.41, 5.74) is 0. The molecule has 1 aliphatic heterocycles. The number of furan rings is 1. The van der Waals surface area contributed by atoms with Gasteiger partial charge in [0.2, 0.25) is 0 Å². The average molecular weight is 254 g/mol. The van der Waals surface area contributed by atoms with Crippen molar-refractivity contribution >= 4 is 11.8 Å². The van der Waals surface area contributed by atoms with E-state index >= 15 is 0 Å². The van der Waals surface area contributed by atoms with E-state index in [2.05, 4.69) is 35.8 Å². The Kier molecular flexibility index (Phi) is 4.95. The van der Waals surface area contributed by atoms with Crippen molar-refractivity contribution in [2.45, 2.75) is 31.7 Å². The molecule has 1 aliphatic rings. The van der Waals surface area contributed by atoms with E-state index in [4.69, 9.17) is 4.42 Å². The molecule has 17 heavy (non-hydrogen) atoms. The fourth-order valence-corrected chi connectivity index (χ4v) is 3.23. The highest BCUT2D eigenvalue weighted by Crippen LogP contribution is 2.19. The monoisotopic (exact) mass is 254 g/mol. The van der Waals surface area contributed by atoms with Crippen molar-refractivity contribution in [3.63, 3.8) is 0 Å². The molecule has 1 aromatic rings. The molecule has 96 valence electrons. The summed E-state index contributed by atoms with van der Waals surface area (Å²) in [6.07, 6.45) is 1.73. The summed E-state index contributed by atoms with van der Waals surface area (Å²) in [7, 11) is 0. The highest BCUT2D eigenvalue weighted by Gasteiger charge is 2.20. The largest absolute Gasteiger partial charge is 0.468 e. The summed E-state index contributed by atoms with van der Waals surface area (Å²) >= 11 is 2.08. The molecule has 3 nitrogen and oxygen atoms in total. The Balaban J connectivity index is 1.68. The maximum absolute atomic E-state index is 5.30. The van der Waals surface area contributed by atoms with E-state index in [-0.39, 0.29) is 0 Å². The first-order valence-electron chi connectivity index (χ1n) is 6.34. The third-order valence-electron chi connectivity index (χ3n) is 3.21. The minimum Gasteiger partial charge on any atom is -0.468 e. The van der Waals surface area contributed by atoms with Gasteiger partial charge in [0, 0.05) is 36.7 Å². The molecule has 0 aliphatic carbocycles. The first-order chi connectivity index (χ1) is 8.25. The molecule has 2 unspecified atom stereocenters. The zero-order chi connectivity index (χ0) is 12.1. The minimum atomic E-state index is 0.605. The predicted octanol–water partition coefficient (Wildman–Crippen LogP) is 2.20. The van der Waals surface area contributed by atoms with Gasteiger partial charge in [-0.15, -0.1) is 0 Å². The van der Waals surface area contributed by atoms with Crippen LogP contribution in [0.5, 0.6) is 0 Å². The summed E-state index contributed by atoms with van der Waals surface area (Å²) in [6, 6.07) is 4.55. The van der Waals surface area contributed by atoms with Crippen LogP contribution >= 0.6 is 11.8 Å². The van der Waals surface area contributed by atoms with Crippen molar-refractivity contribution in [1.29, 1.82) is 0 Å². The van der Waals surface area contributed by atoms with Crippen LogP contribution in [0.15, 0.2) is 22.8 Å². The van der Waals surface area contributed by atoms with Crippen LogP contribution in [-0.4, -0.2) is 41.6 Å². The van der Waals surface area contributed by atoms with Gasteiger partial charge in [-0.2, -0.15) is 11.8 Å². The second kappa shape index (κ2) is 6.47. The van der Waals surface area contributed by atoms with Crippen molar-refractivity contribution in [1.82, 2.24) is 10.2 Å². The van der Waals surface area contributed by atoms with Gasteiger partial charge in [-0.25, -0.2) is 0 Å². The lowest BCUT2D eigenvalue weighted by Crippen LogP contribution is -2.46. The minimum absolute atomic E-state index is 0.605. The van der Waals surface area contributed by atoms with Crippen molar-refractivity contribution in [2.75, 3.05) is 25.4 Å². The SMILES string of the molecule is CC1CN(C(C)CNCc2ccco2)CCS1. The van der Waals surface area contributed by atoms with Crippen LogP contribution in [0.1, 0.15) is 19.6 Å². The Morgan fingerprint density at radius 2 is 2.53 bits per heavy atom. The smallest absolute Gasteiger partial charge is 0.117 e. The lowest BCUT2D eigenvalue weighted by atomic mass is 10.2. The second-order valence-electron chi connectivity index (χ2n) is 4.74. The third kappa shape index (κ3) is 4.05. The molecule has 2 heterocycles. The van der Waals surface area contributed by atoms with Gasteiger partial charge in [-0.1, -0.05) is 6.92 Å². The van der Waals surface area contributed by atoms with E-state index in [0.29, 0.717) is 6.04 Å². The van der Waals surface area contributed by atoms with Crippen LogP contribution in [0, 0.1) is 0 Å². The van der Waals surface area contributed by atoms with Crippen molar-refractivity contribution in [3.8, 4) is 0 Å². The molecule has 0 amide bonds. The molecule has 0 saturated carbocycles. The molecule has 2 rings (SSSR count). The Labute approximate surface area is 108 Å². The maximum Gasteiger partial charge on any atom is 0.117 e. The van der Waals surface area contributed by atoms with Gasteiger partial charge in [0.1, 0.15) is 5.76 Å².